The van der Waals surface area contributed by atoms with Crippen LogP contribution in [0.2, 0.25) is 0 Å². The first-order chi connectivity index (χ1) is 10.8. The monoisotopic (exact) mass is 376 g/mol. The smallest absolute Gasteiger partial charge is 0.343 e. The van der Waals surface area contributed by atoms with Crippen molar-refractivity contribution in [1.29, 1.82) is 0 Å². The van der Waals surface area contributed by atoms with Gasteiger partial charge in [0.2, 0.25) is 0 Å². The number of carbonyl (C=O) groups excluding carboxylic acids is 2. The normalized spacial score (nSPS) is 10.7. The molecule has 0 heterocycles. The molecule has 0 aliphatic carbocycles. The van der Waals surface area contributed by atoms with Gasteiger partial charge in [0.1, 0.15) is 11.5 Å². The number of aryl methyl sites for hydroxylation is 1. The molecule has 0 aromatic heterocycles. The van der Waals surface area contributed by atoms with Crippen molar-refractivity contribution in [2.75, 3.05) is 0 Å². The summed E-state index contributed by atoms with van der Waals surface area (Å²) in [6.45, 7) is 5.25. The number of hydrogen-bond donors (Lipinski definition) is 1. The molecule has 0 spiro atoms. The molecule has 2 aromatic rings. The molecule has 5 heteroatoms. The summed E-state index contributed by atoms with van der Waals surface area (Å²) in [6, 6.07) is 9.61. The number of aromatic hydroxyl groups is 1. The number of esters is 1. The summed E-state index contributed by atoms with van der Waals surface area (Å²) in [4.78, 5) is 24.2. The molecule has 0 radical (unpaired) electrons. The minimum Gasteiger partial charge on any atom is -0.507 e. The lowest BCUT2D eigenvalue weighted by atomic mass is 9.98. The fourth-order valence-corrected chi connectivity index (χ4v) is 2.30. The largest absolute Gasteiger partial charge is 0.507 e. The molecule has 1 N–H and O–H groups in total. The van der Waals surface area contributed by atoms with Gasteiger partial charge < -0.3 is 9.84 Å². The summed E-state index contributed by atoms with van der Waals surface area (Å²) in [5.74, 6) is -0.862. The maximum atomic E-state index is 12.1. The van der Waals surface area contributed by atoms with Crippen molar-refractivity contribution in [3.05, 3.63) is 57.6 Å². The third kappa shape index (κ3) is 3.99. The Morgan fingerprint density at radius 2 is 1.74 bits per heavy atom. The minimum atomic E-state index is -0.525. The lowest BCUT2D eigenvalue weighted by molar-refractivity contribution is 0.0733. The van der Waals surface area contributed by atoms with E-state index in [2.05, 4.69) is 15.9 Å². The van der Waals surface area contributed by atoms with E-state index in [1.54, 1.807) is 51.1 Å². The molecule has 0 saturated heterocycles. The van der Waals surface area contributed by atoms with Crippen LogP contribution in [-0.2, 0) is 0 Å². The summed E-state index contributed by atoms with van der Waals surface area (Å²) < 4.78 is 6.18. The molecule has 23 heavy (non-hydrogen) atoms. The van der Waals surface area contributed by atoms with Gasteiger partial charge in [-0.1, -0.05) is 29.8 Å². The predicted molar refractivity (Wildman–Crippen MR) is 91.1 cm³/mol. The first-order valence-corrected chi connectivity index (χ1v) is 7.94. The van der Waals surface area contributed by atoms with Gasteiger partial charge in [0.05, 0.1) is 11.1 Å². The lowest BCUT2D eigenvalue weighted by Crippen LogP contribution is -2.11. The number of hydrogen-bond acceptors (Lipinski definition) is 4. The zero-order chi connectivity index (χ0) is 17.1. The highest BCUT2D eigenvalue weighted by Gasteiger charge is 2.18. The van der Waals surface area contributed by atoms with E-state index in [-0.39, 0.29) is 28.8 Å². The van der Waals surface area contributed by atoms with E-state index in [0.29, 0.717) is 11.1 Å². The number of rotatable bonds is 4. The van der Waals surface area contributed by atoms with Crippen molar-refractivity contribution < 1.29 is 19.4 Å². The zero-order valence-electron chi connectivity index (χ0n) is 13.1. The zero-order valence-corrected chi connectivity index (χ0v) is 14.7. The maximum absolute atomic E-state index is 12.1. The number of Topliss-reactive ketones (excluding diaryl/α,β-unsaturated/α-hetero) is 1. The SMILES string of the molecule is Cc1cc(C(=O)C(C)C)c(O)cc1OC(=O)c1ccc(Br)cc1. The molecule has 0 atom stereocenters. The fourth-order valence-electron chi connectivity index (χ4n) is 2.04. The number of ketones is 1. The van der Waals surface area contributed by atoms with E-state index in [9.17, 15) is 14.7 Å². The molecule has 0 saturated carbocycles. The highest BCUT2D eigenvalue weighted by atomic mass is 79.9. The summed E-state index contributed by atoms with van der Waals surface area (Å²) in [5.41, 5.74) is 1.24. The van der Waals surface area contributed by atoms with Crippen LogP contribution in [0, 0.1) is 12.8 Å². The molecule has 4 nitrogen and oxygen atoms in total. The topological polar surface area (TPSA) is 63.6 Å². The number of benzene rings is 2. The summed E-state index contributed by atoms with van der Waals surface area (Å²) in [7, 11) is 0. The maximum Gasteiger partial charge on any atom is 0.343 e. The van der Waals surface area contributed by atoms with E-state index in [4.69, 9.17) is 4.74 Å². The van der Waals surface area contributed by atoms with Gasteiger partial charge in [0.25, 0.3) is 0 Å². The van der Waals surface area contributed by atoms with E-state index in [1.807, 2.05) is 0 Å². The predicted octanol–water partition coefficient (Wildman–Crippen LogP) is 4.52. The van der Waals surface area contributed by atoms with E-state index < -0.39 is 5.97 Å². The van der Waals surface area contributed by atoms with Crippen LogP contribution in [0.4, 0.5) is 0 Å². The van der Waals surface area contributed by atoms with E-state index >= 15 is 0 Å². The Morgan fingerprint density at radius 1 is 1.13 bits per heavy atom. The van der Waals surface area contributed by atoms with Gasteiger partial charge in [-0.2, -0.15) is 0 Å². The van der Waals surface area contributed by atoms with Crippen LogP contribution in [0.5, 0.6) is 11.5 Å². The molecule has 0 unspecified atom stereocenters. The molecule has 120 valence electrons. The van der Waals surface area contributed by atoms with Crippen molar-refractivity contribution >= 4 is 27.7 Å². The molecule has 2 rings (SSSR count). The van der Waals surface area contributed by atoms with Crippen LogP contribution >= 0.6 is 15.9 Å². The average molecular weight is 377 g/mol. The van der Waals surface area contributed by atoms with Crippen LogP contribution in [-0.4, -0.2) is 16.9 Å². The summed E-state index contributed by atoms with van der Waals surface area (Å²) in [5, 5.41) is 10.0. The molecule has 0 amide bonds. The molecular formula is C18H17BrO4. The number of carbonyl (C=O) groups is 2. The Kier molecular flexibility index (Phi) is 5.21. The van der Waals surface area contributed by atoms with Gasteiger partial charge in [-0.3, -0.25) is 4.79 Å². The summed E-state index contributed by atoms with van der Waals surface area (Å²) >= 11 is 3.30. The second kappa shape index (κ2) is 6.96. The Labute approximate surface area is 143 Å². The molecule has 0 aliphatic heterocycles. The fraction of sp³-hybridized carbons (Fsp3) is 0.222. The molecule has 0 fully saturated rings. The van der Waals surface area contributed by atoms with Crippen LogP contribution in [0.3, 0.4) is 0 Å². The minimum absolute atomic E-state index is 0.156. The van der Waals surface area contributed by atoms with Crippen molar-refractivity contribution in [3.63, 3.8) is 0 Å². The second-order valence-electron chi connectivity index (χ2n) is 5.55. The van der Waals surface area contributed by atoms with Crippen LogP contribution in [0.1, 0.15) is 40.1 Å². The van der Waals surface area contributed by atoms with E-state index in [0.717, 1.165) is 4.47 Å². The van der Waals surface area contributed by atoms with Crippen LogP contribution < -0.4 is 4.74 Å². The number of phenolic OH excluding ortho intramolecular Hbond substituents is 1. The van der Waals surface area contributed by atoms with Gasteiger partial charge in [-0.15, -0.1) is 0 Å². The highest BCUT2D eigenvalue weighted by Crippen LogP contribution is 2.30. The highest BCUT2D eigenvalue weighted by molar-refractivity contribution is 9.10. The molecule has 0 aliphatic rings. The lowest BCUT2D eigenvalue weighted by Gasteiger charge is -2.12. The quantitative estimate of drug-likeness (QED) is 0.483. The first-order valence-electron chi connectivity index (χ1n) is 7.15. The van der Waals surface area contributed by atoms with Gasteiger partial charge in [-0.05, 0) is 42.8 Å². The number of phenols is 1. The Balaban J connectivity index is 2.27. The van der Waals surface area contributed by atoms with E-state index in [1.165, 1.54) is 6.07 Å². The number of halogens is 1. The summed E-state index contributed by atoms with van der Waals surface area (Å²) in [6.07, 6.45) is 0. The first kappa shape index (κ1) is 17.2. The van der Waals surface area contributed by atoms with Gasteiger partial charge in [0, 0.05) is 16.5 Å². The Hall–Kier alpha value is -2.14. The van der Waals surface area contributed by atoms with Gasteiger partial charge >= 0.3 is 5.97 Å². The van der Waals surface area contributed by atoms with Crippen molar-refractivity contribution in [1.82, 2.24) is 0 Å². The molecule has 2 aromatic carbocycles. The van der Waals surface area contributed by atoms with Crippen molar-refractivity contribution in [3.8, 4) is 11.5 Å². The Morgan fingerprint density at radius 3 is 2.30 bits per heavy atom. The third-order valence-corrected chi connectivity index (χ3v) is 3.89. The van der Waals surface area contributed by atoms with Gasteiger partial charge in [0.15, 0.2) is 5.78 Å². The Bertz CT molecular complexity index is 748. The van der Waals surface area contributed by atoms with Gasteiger partial charge in [-0.25, -0.2) is 4.79 Å². The number of ether oxygens (including phenoxy) is 1. The average Bonchev–Trinajstić information content (AvgIpc) is 2.50. The molecule has 0 bridgehead atoms. The van der Waals surface area contributed by atoms with Crippen molar-refractivity contribution in [2.24, 2.45) is 5.92 Å². The van der Waals surface area contributed by atoms with Crippen molar-refractivity contribution in [2.45, 2.75) is 20.8 Å². The second-order valence-corrected chi connectivity index (χ2v) is 6.47. The van der Waals surface area contributed by atoms with Crippen LogP contribution in [0.15, 0.2) is 40.9 Å². The van der Waals surface area contributed by atoms with Crippen LogP contribution in [0.25, 0.3) is 0 Å². The standard InChI is InChI=1S/C18H17BrO4/c1-10(2)17(21)14-8-11(3)16(9-15(14)20)23-18(22)12-4-6-13(19)7-5-12/h4-10,20H,1-3H3. The molecular weight excluding hydrogens is 360 g/mol. The third-order valence-electron chi connectivity index (χ3n) is 3.37.